The fourth-order valence-corrected chi connectivity index (χ4v) is 1.19. The molecule has 5 heteroatoms. The summed E-state index contributed by atoms with van der Waals surface area (Å²) in [6, 6.07) is 3.74. The van der Waals surface area contributed by atoms with Crippen LogP contribution in [0.4, 0.5) is 13.2 Å². The number of rotatable bonds is 4. The third-order valence-corrected chi connectivity index (χ3v) is 1.98. The highest BCUT2D eigenvalue weighted by Crippen LogP contribution is 2.23. The van der Waals surface area contributed by atoms with E-state index < -0.39 is 24.7 Å². The highest BCUT2D eigenvalue weighted by Gasteiger charge is 2.27. The lowest BCUT2D eigenvalue weighted by molar-refractivity contribution is 0.0114. The van der Waals surface area contributed by atoms with Gasteiger partial charge in [0.15, 0.2) is 11.6 Å². The molecule has 0 heterocycles. The predicted molar refractivity (Wildman–Crippen MR) is 50.7 cm³/mol. The standard InChI is InChI=1S/C10H12F3NO/c1-15-9-3-2-7(4-8(9)11)5-10(12,13)6-14/h2-4H,5-6,14H2,1H3. The van der Waals surface area contributed by atoms with E-state index in [9.17, 15) is 13.2 Å². The van der Waals surface area contributed by atoms with E-state index in [4.69, 9.17) is 5.73 Å². The first-order chi connectivity index (χ1) is 6.98. The topological polar surface area (TPSA) is 35.2 Å². The van der Waals surface area contributed by atoms with Crippen molar-refractivity contribution < 1.29 is 17.9 Å². The molecule has 0 aromatic heterocycles. The van der Waals surface area contributed by atoms with Gasteiger partial charge in [-0.25, -0.2) is 13.2 Å². The molecule has 84 valence electrons. The summed E-state index contributed by atoms with van der Waals surface area (Å²) >= 11 is 0. The smallest absolute Gasteiger partial charge is 0.264 e. The zero-order valence-corrected chi connectivity index (χ0v) is 8.27. The fraction of sp³-hybridized carbons (Fsp3) is 0.400. The number of hydrogen-bond donors (Lipinski definition) is 1. The van der Waals surface area contributed by atoms with Gasteiger partial charge >= 0.3 is 0 Å². The maximum atomic E-state index is 13.1. The SMILES string of the molecule is COc1ccc(CC(F)(F)CN)cc1F. The van der Waals surface area contributed by atoms with Crippen molar-refractivity contribution in [3.63, 3.8) is 0 Å². The van der Waals surface area contributed by atoms with Crippen LogP contribution in [0.2, 0.25) is 0 Å². The lowest BCUT2D eigenvalue weighted by atomic mass is 10.1. The first kappa shape index (κ1) is 11.8. The lowest BCUT2D eigenvalue weighted by Crippen LogP contribution is -2.30. The number of hydrogen-bond acceptors (Lipinski definition) is 2. The number of ether oxygens (including phenoxy) is 1. The molecule has 2 N–H and O–H groups in total. The van der Waals surface area contributed by atoms with Gasteiger partial charge in [-0.3, -0.25) is 0 Å². The average molecular weight is 219 g/mol. The predicted octanol–water partition coefficient (Wildman–Crippen LogP) is 1.97. The van der Waals surface area contributed by atoms with Gasteiger partial charge in [-0.1, -0.05) is 6.07 Å². The highest BCUT2D eigenvalue weighted by molar-refractivity contribution is 5.29. The lowest BCUT2D eigenvalue weighted by Gasteiger charge is -2.14. The van der Waals surface area contributed by atoms with Gasteiger partial charge in [0.1, 0.15) is 0 Å². The van der Waals surface area contributed by atoms with Crippen LogP contribution in [0.15, 0.2) is 18.2 Å². The zero-order valence-electron chi connectivity index (χ0n) is 8.27. The quantitative estimate of drug-likeness (QED) is 0.840. The first-order valence-corrected chi connectivity index (χ1v) is 4.39. The van der Waals surface area contributed by atoms with Crippen molar-refractivity contribution in [3.05, 3.63) is 29.6 Å². The maximum absolute atomic E-state index is 13.1. The van der Waals surface area contributed by atoms with Gasteiger partial charge in [-0.05, 0) is 17.7 Å². The van der Waals surface area contributed by atoms with E-state index in [1.165, 1.54) is 19.2 Å². The van der Waals surface area contributed by atoms with E-state index >= 15 is 0 Å². The molecule has 0 unspecified atom stereocenters. The molecule has 0 amide bonds. The summed E-state index contributed by atoms with van der Waals surface area (Å²) in [6.45, 7) is -0.749. The third kappa shape index (κ3) is 3.13. The first-order valence-electron chi connectivity index (χ1n) is 4.39. The number of nitrogens with two attached hydrogens (primary N) is 1. The second-order valence-corrected chi connectivity index (χ2v) is 3.21. The van der Waals surface area contributed by atoms with Crippen molar-refractivity contribution in [2.45, 2.75) is 12.3 Å². The van der Waals surface area contributed by atoms with Crippen LogP contribution < -0.4 is 10.5 Å². The molecule has 0 fully saturated rings. The highest BCUT2D eigenvalue weighted by atomic mass is 19.3. The summed E-state index contributed by atoms with van der Waals surface area (Å²) in [4.78, 5) is 0. The Kier molecular flexibility index (Phi) is 3.57. The largest absolute Gasteiger partial charge is 0.494 e. The molecule has 0 aliphatic rings. The minimum absolute atomic E-state index is 0.0369. The Hall–Kier alpha value is -1.23. The molecule has 1 aromatic rings. The summed E-state index contributed by atoms with van der Waals surface area (Å²) in [5.74, 6) is -3.61. The summed E-state index contributed by atoms with van der Waals surface area (Å²) in [5, 5.41) is 0. The Bertz CT molecular complexity index is 341. The molecule has 0 atom stereocenters. The molecule has 0 aliphatic carbocycles. The van der Waals surface area contributed by atoms with Gasteiger partial charge in [0.25, 0.3) is 5.92 Å². The summed E-state index contributed by atoms with van der Waals surface area (Å²) < 4.78 is 43.5. The van der Waals surface area contributed by atoms with E-state index in [2.05, 4.69) is 4.74 Å². The minimum Gasteiger partial charge on any atom is -0.494 e. The Morgan fingerprint density at radius 3 is 2.53 bits per heavy atom. The summed E-state index contributed by atoms with van der Waals surface area (Å²) in [6.07, 6.45) is -0.565. The van der Waals surface area contributed by atoms with Crippen molar-refractivity contribution >= 4 is 0 Å². The van der Waals surface area contributed by atoms with Gasteiger partial charge in [-0.2, -0.15) is 0 Å². The molecule has 0 bridgehead atoms. The molecule has 0 aliphatic heterocycles. The van der Waals surface area contributed by atoms with Crippen LogP contribution in [-0.2, 0) is 6.42 Å². The number of methoxy groups -OCH3 is 1. The third-order valence-electron chi connectivity index (χ3n) is 1.98. The van der Waals surface area contributed by atoms with E-state index in [1.807, 2.05) is 0 Å². The van der Waals surface area contributed by atoms with Crippen LogP contribution in [-0.4, -0.2) is 19.6 Å². The molecule has 0 spiro atoms. The van der Waals surface area contributed by atoms with Gasteiger partial charge in [-0.15, -0.1) is 0 Å². The Morgan fingerprint density at radius 2 is 2.07 bits per heavy atom. The molecule has 2 nitrogen and oxygen atoms in total. The molecular weight excluding hydrogens is 207 g/mol. The second-order valence-electron chi connectivity index (χ2n) is 3.21. The number of benzene rings is 1. The van der Waals surface area contributed by atoms with E-state index in [-0.39, 0.29) is 11.3 Å². The Balaban J connectivity index is 2.84. The zero-order chi connectivity index (χ0) is 11.5. The monoisotopic (exact) mass is 219 g/mol. The average Bonchev–Trinajstić information content (AvgIpc) is 2.17. The molecule has 0 radical (unpaired) electrons. The molecule has 0 saturated heterocycles. The summed E-state index contributed by atoms with van der Waals surface area (Å²) in [5.41, 5.74) is 5.08. The second kappa shape index (κ2) is 4.53. The van der Waals surface area contributed by atoms with Crippen molar-refractivity contribution in [1.82, 2.24) is 0 Å². The Morgan fingerprint density at radius 1 is 1.40 bits per heavy atom. The fourth-order valence-electron chi connectivity index (χ4n) is 1.19. The van der Waals surface area contributed by atoms with E-state index in [0.29, 0.717) is 0 Å². The molecule has 1 rings (SSSR count). The van der Waals surface area contributed by atoms with E-state index in [1.54, 1.807) is 0 Å². The van der Waals surface area contributed by atoms with Crippen LogP contribution in [0, 0.1) is 5.82 Å². The van der Waals surface area contributed by atoms with Crippen molar-refractivity contribution in [1.29, 1.82) is 0 Å². The van der Waals surface area contributed by atoms with Crippen molar-refractivity contribution in [2.75, 3.05) is 13.7 Å². The van der Waals surface area contributed by atoms with Crippen LogP contribution >= 0.6 is 0 Å². The summed E-state index contributed by atoms with van der Waals surface area (Å²) in [7, 11) is 1.31. The van der Waals surface area contributed by atoms with Crippen LogP contribution in [0.5, 0.6) is 5.75 Å². The van der Waals surface area contributed by atoms with Gasteiger partial charge in [0.05, 0.1) is 13.7 Å². The van der Waals surface area contributed by atoms with Gasteiger partial charge < -0.3 is 10.5 Å². The van der Waals surface area contributed by atoms with Crippen molar-refractivity contribution in [3.8, 4) is 5.75 Å². The van der Waals surface area contributed by atoms with E-state index in [0.717, 1.165) is 6.07 Å². The van der Waals surface area contributed by atoms with Gasteiger partial charge in [0.2, 0.25) is 0 Å². The molecule has 15 heavy (non-hydrogen) atoms. The molecule has 1 aromatic carbocycles. The van der Waals surface area contributed by atoms with Crippen LogP contribution in [0.1, 0.15) is 5.56 Å². The van der Waals surface area contributed by atoms with Crippen molar-refractivity contribution in [2.24, 2.45) is 5.73 Å². The maximum Gasteiger partial charge on any atom is 0.264 e. The van der Waals surface area contributed by atoms with Crippen LogP contribution in [0.25, 0.3) is 0 Å². The van der Waals surface area contributed by atoms with Crippen LogP contribution in [0.3, 0.4) is 0 Å². The molecular formula is C10H12F3NO. The molecule has 0 saturated carbocycles. The normalized spacial score (nSPS) is 11.5. The minimum atomic E-state index is -3.00. The van der Waals surface area contributed by atoms with Gasteiger partial charge in [0, 0.05) is 6.42 Å². The number of alkyl halides is 2. The Labute approximate surface area is 85.8 Å². The number of halogens is 3.